The summed E-state index contributed by atoms with van der Waals surface area (Å²) in [6.45, 7) is 2.79. The van der Waals surface area contributed by atoms with Crippen LogP contribution in [0.1, 0.15) is 49.7 Å². The number of carbonyl (C=O) groups is 1. The van der Waals surface area contributed by atoms with E-state index in [1.807, 2.05) is 6.92 Å². The summed E-state index contributed by atoms with van der Waals surface area (Å²) in [6, 6.07) is 5.19. The van der Waals surface area contributed by atoms with Crippen molar-refractivity contribution < 1.29 is 36.7 Å². The van der Waals surface area contributed by atoms with Gasteiger partial charge in [-0.15, -0.1) is 0 Å². The zero-order valence-electron chi connectivity index (χ0n) is 15.5. The van der Waals surface area contributed by atoms with E-state index in [1.54, 1.807) is 12.1 Å². The molecule has 0 amide bonds. The Morgan fingerprint density at radius 2 is 1.96 bits per heavy atom. The van der Waals surface area contributed by atoms with Crippen molar-refractivity contribution in [3.8, 4) is 5.75 Å². The van der Waals surface area contributed by atoms with E-state index in [9.17, 15) is 14.7 Å². The SMILES string of the molecule is Cc1cc(=O)oc2c(C[NH+](CCC(=O)O)C3CCCCC3)c(O)ccc12.[Cl-]. The number of aliphatic carboxylic acids is 1. The second kappa shape index (κ2) is 9.24. The van der Waals surface area contributed by atoms with Gasteiger partial charge in [-0.05, 0) is 50.3 Å². The lowest BCUT2D eigenvalue weighted by Gasteiger charge is -2.31. The summed E-state index contributed by atoms with van der Waals surface area (Å²) in [5.74, 6) is -0.724. The summed E-state index contributed by atoms with van der Waals surface area (Å²) in [6.07, 6.45) is 5.72. The van der Waals surface area contributed by atoms with Crippen LogP contribution in [0.5, 0.6) is 5.75 Å². The first-order valence-electron chi connectivity index (χ1n) is 9.27. The summed E-state index contributed by atoms with van der Waals surface area (Å²) < 4.78 is 5.42. The third kappa shape index (κ3) is 5.02. The van der Waals surface area contributed by atoms with Gasteiger partial charge in [-0.1, -0.05) is 6.42 Å². The number of hydrogen-bond donors (Lipinski definition) is 3. The first-order valence-corrected chi connectivity index (χ1v) is 9.27. The Morgan fingerprint density at radius 1 is 1.26 bits per heavy atom. The number of fused-ring (bicyclic) bond motifs is 1. The average Bonchev–Trinajstić information content (AvgIpc) is 2.60. The van der Waals surface area contributed by atoms with Gasteiger partial charge in [0.05, 0.1) is 24.6 Å². The van der Waals surface area contributed by atoms with Crippen molar-refractivity contribution in [3.05, 3.63) is 39.7 Å². The molecule has 0 saturated heterocycles. The number of aryl methyl sites for hydroxylation is 1. The van der Waals surface area contributed by atoms with Crippen LogP contribution in [0.2, 0.25) is 0 Å². The van der Waals surface area contributed by atoms with Gasteiger partial charge in [0.2, 0.25) is 0 Å². The Kier molecular flexibility index (Phi) is 7.27. The molecule has 27 heavy (non-hydrogen) atoms. The lowest BCUT2D eigenvalue weighted by atomic mass is 9.93. The number of carboxylic acid groups (broad SMARTS) is 1. The molecule has 3 N–H and O–H groups in total. The first kappa shape index (κ1) is 21.3. The topological polar surface area (TPSA) is 92.2 Å². The molecule has 1 unspecified atom stereocenters. The number of phenols is 1. The van der Waals surface area contributed by atoms with Gasteiger partial charge in [-0.3, -0.25) is 4.79 Å². The predicted octanol–water partition coefficient (Wildman–Crippen LogP) is -0.997. The minimum Gasteiger partial charge on any atom is -1.00 e. The van der Waals surface area contributed by atoms with Crippen LogP contribution in [0, 0.1) is 6.92 Å². The monoisotopic (exact) mass is 395 g/mol. The molecule has 1 atom stereocenters. The Labute approximate surface area is 164 Å². The number of rotatable bonds is 6. The van der Waals surface area contributed by atoms with E-state index in [4.69, 9.17) is 9.52 Å². The van der Waals surface area contributed by atoms with Crippen molar-refractivity contribution in [2.75, 3.05) is 6.54 Å². The van der Waals surface area contributed by atoms with Gasteiger partial charge in [-0.25, -0.2) is 4.79 Å². The zero-order valence-corrected chi connectivity index (χ0v) is 16.2. The number of quaternary nitrogens is 1. The van der Waals surface area contributed by atoms with E-state index in [0.29, 0.717) is 30.3 Å². The fourth-order valence-electron chi connectivity index (χ4n) is 4.04. The lowest BCUT2D eigenvalue weighted by molar-refractivity contribution is -0.939. The van der Waals surface area contributed by atoms with Crippen molar-refractivity contribution in [1.82, 2.24) is 0 Å². The molecule has 148 valence electrons. The van der Waals surface area contributed by atoms with Crippen molar-refractivity contribution in [3.63, 3.8) is 0 Å². The van der Waals surface area contributed by atoms with E-state index in [-0.39, 0.29) is 24.6 Å². The first-order chi connectivity index (χ1) is 12.5. The quantitative estimate of drug-likeness (QED) is 0.546. The van der Waals surface area contributed by atoms with Gasteiger partial charge >= 0.3 is 11.6 Å². The molecule has 1 aromatic carbocycles. The summed E-state index contributed by atoms with van der Waals surface area (Å²) in [5, 5.41) is 20.3. The van der Waals surface area contributed by atoms with Crippen molar-refractivity contribution >= 4 is 16.9 Å². The maximum atomic E-state index is 11.8. The van der Waals surface area contributed by atoms with E-state index in [1.165, 1.54) is 12.5 Å². The van der Waals surface area contributed by atoms with Gasteiger partial charge in [0.25, 0.3) is 0 Å². The molecule has 1 heterocycles. The molecule has 1 aliphatic carbocycles. The highest BCUT2D eigenvalue weighted by molar-refractivity contribution is 5.84. The Morgan fingerprint density at radius 3 is 2.63 bits per heavy atom. The Hall–Kier alpha value is -2.05. The summed E-state index contributed by atoms with van der Waals surface area (Å²) in [5.41, 5.74) is 1.38. The molecule has 1 fully saturated rings. The van der Waals surface area contributed by atoms with E-state index in [2.05, 4.69) is 0 Å². The van der Waals surface area contributed by atoms with E-state index in [0.717, 1.165) is 41.5 Å². The minimum absolute atomic E-state index is 0. The molecular formula is C20H26ClNO5. The molecule has 3 rings (SSSR count). The van der Waals surface area contributed by atoms with E-state index >= 15 is 0 Å². The highest BCUT2D eigenvalue weighted by Gasteiger charge is 2.27. The molecule has 1 aromatic heterocycles. The van der Waals surface area contributed by atoms with Crippen LogP contribution in [0.25, 0.3) is 11.0 Å². The Balaban J connectivity index is 0.00000261. The van der Waals surface area contributed by atoms with E-state index < -0.39 is 11.6 Å². The summed E-state index contributed by atoms with van der Waals surface area (Å²) in [7, 11) is 0. The predicted molar refractivity (Wildman–Crippen MR) is 97.5 cm³/mol. The third-order valence-corrected chi connectivity index (χ3v) is 5.44. The van der Waals surface area contributed by atoms with Gasteiger partial charge in [-0.2, -0.15) is 0 Å². The highest BCUT2D eigenvalue weighted by atomic mass is 35.5. The standard InChI is InChI=1S/C20H25NO5.ClH/c1-13-11-19(25)26-20-15(13)7-8-17(22)16(20)12-21(10-9-18(23)24)14-5-3-2-4-6-14;/h7-8,11,14,22H,2-6,9-10,12H2,1H3,(H,23,24);1H. The maximum Gasteiger partial charge on any atom is 0.336 e. The van der Waals surface area contributed by atoms with Gasteiger partial charge in [0, 0.05) is 11.5 Å². The van der Waals surface area contributed by atoms with Crippen molar-refractivity contribution in [1.29, 1.82) is 0 Å². The number of aromatic hydroxyl groups is 1. The van der Waals surface area contributed by atoms with Crippen molar-refractivity contribution in [2.45, 2.75) is 58.0 Å². The number of halogens is 1. The minimum atomic E-state index is -0.817. The van der Waals surface area contributed by atoms with Gasteiger partial charge in [0.1, 0.15) is 12.3 Å². The van der Waals surface area contributed by atoms with Crippen LogP contribution >= 0.6 is 0 Å². The Bertz CT molecular complexity index is 857. The van der Waals surface area contributed by atoms with Crippen LogP contribution in [-0.2, 0) is 11.3 Å². The second-order valence-corrected chi connectivity index (χ2v) is 7.25. The highest BCUT2D eigenvalue weighted by Crippen LogP contribution is 2.28. The van der Waals surface area contributed by atoms with Crippen LogP contribution in [0.15, 0.2) is 27.4 Å². The largest absolute Gasteiger partial charge is 1.00 e. The van der Waals surface area contributed by atoms with Gasteiger partial charge in [0.15, 0.2) is 5.58 Å². The molecule has 7 heteroatoms. The molecule has 0 aliphatic heterocycles. The molecule has 0 radical (unpaired) electrons. The molecule has 1 saturated carbocycles. The number of nitrogens with one attached hydrogen (secondary N) is 1. The molecular weight excluding hydrogens is 370 g/mol. The fraction of sp³-hybridized carbons (Fsp3) is 0.500. The van der Waals surface area contributed by atoms with Crippen LogP contribution < -0.4 is 22.9 Å². The van der Waals surface area contributed by atoms with Crippen LogP contribution in [-0.4, -0.2) is 28.8 Å². The van der Waals surface area contributed by atoms with Crippen molar-refractivity contribution in [2.24, 2.45) is 0 Å². The van der Waals surface area contributed by atoms with Crippen LogP contribution in [0.4, 0.5) is 0 Å². The molecule has 6 nitrogen and oxygen atoms in total. The van der Waals surface area contributed by atoms with Gasteiger partial charge < -0.3 is 31.9 Å². The third-order valence-electron chi connectivity index (χ3n) is 5.44. The molecule has 0 bridgehead atoms. The molecule has 1 aliphatic rings. The summed E-state index contributed by atoms with van der Waals surface area (Å²) >= 11 is 0. The number of phenolic OH excluding ortho intramolecular Hbond substituents is 1. The summed E-state index contributed by atoms with van der Waals surface area (Å²) in [4.78, 5) is 24.1. The maximum absolute atomic E-state index is 11.8. The zero-order chi connectivity index (χ0) is 18.7. The number of benzene rings is 1. The number of hydrogen-bond acceptors (Lipinski definition) is 4. The van der Waals surface area contributed by atoms with Crippen LogP contribution in [0.3, 0.4) is 0 Å². The molecule has 2 aromatic rings. The molecule has 0 spiro atoms. The number of carboxylic acids is 1. The smallest absolute Gasteiger partial charge is 0.336 e. The second-order valence-electron chi connectivity index (χ2n) is 7.25. The fourth-order valence-corrected chi connectivity index (χ4v) is 4.04. The lowest BCUT2D eigenvalue weighted by Crippen LogP contribution is -3.14. The average molecular weight is 396 g/mol. The normalized spacial score (nSPS) is 16.0.